The molecule has 0 aliphatic carbocycles. The minimum absolute atomic E-state index is 0.137. The molecule has 1 saturated heterocycles. The molecule has 1 heterocycles. The van der Waals surface area contributed by atoms with Gasteiger partial charge in [0.15, 0.2) is 0 Å². The van der Waals surface area contributed by atoms with Crippen molar-refractivity contribution in [1.29, 1.82) is 0 Å². The second-order valence-corrected chi connectivity index (χ2v) is 7.03. The lowest BCUT2D eigenvalue weighted by Gasteiger charge is -2.39. The number of ether oxygens (including phenoxy) is 1. The molecule has 29 heavy (non-hydrogen) atoms. The first-order valence-corrected chi connectivity index (χ1v) is 9.37. The average Bonchev–Trinajstić information content (AvgIpc) is 2.73. The zero-order valence-electron chi connectivity index (χ0n) is 15.7. The lowest BCUT2D eigenvalue weighted by molar-refractivity contribution is -0.136. The first kappa shape index (κ1) is 21.1. The summed E-state index contributed by atoms with van der Waals surface area (Å²) in [5.74, 6) is -0.151. The van der Waals surface area contributed by atoms with E-state index in [1.54, 1.807) is 24.3 Å². The number of urea groups is 1. The second-order valence-electron chi connectivity index (χ2n) is 7.03. The van der Waals surface area contributed by atoms with E-state index in [0.29, 0.717) is 31.6 Å². The summed E-state index contributed by atoms with van der Waals surface area (Å²) in [6.07, 6.45) is -3.35. The highest BCUT2D eigenvalue weighted by Crippen LogP contribution is 2.36. The van der Waals surface area contributed by atoms with E-state index >= 15 is 0 Å². The van der Waals surface area contributed by atoms with Crippen LogP contribution in [0.2, 0.25) is 0 Å². The largest absolute Gasteiger partial charge is 0.418 e. The van der Waals surface area contributed by atoms with Gasteiger partial charge >= 0.3 is 12.2 Å². The highest BCUT2D eigenvalue weighted by Gasteiger charge is 2.40. The number of hydrogen-bond donors (Lipinski definition) is 3. The Balaban J connectivity index is 1.74. The number of halogens is 3. The van der Waals surface area contributed by atoms with Crippen LogP contribution in [0.3, 0.4) is 0 Å². The molecule has 156 valence electrons. The van der Waals surface area contributed by atoms with E-state index in [0.717, 1.165) is 6.07 Å². The average molecular weight is 408 g/mol. The third-order valence-electron chi connectivity index (χ3n) is 5.17. The molecular weight excluding hydrogens is 385 g/mol. The first-order chi connectivity index (χ1) is 13.8. The van der Waals surface area contributed by atoms with E-state index in [1.807, 2.05) is 6.07 Å². The van der Waals surface area contributed by atoms with Crippen molar-refractivity contribution in [3.05, 3.63) is 65.7 Å². The second kappa shape index (κ2) is 8.84. The van der Waals surface area contributed by atoms with Crippen LogP contribution in [-0.2, 0) is 16.5 Å². The van der Waals surface area contributed by atoms with Gasteiger partial charge in [-0.25, -0.2) is 4.79 Å². The van der Waals surface area contributed by atoms with Crippen molar-refractivity contribution in [2.24, 2.45) is 5.92 Å². The quantitative estimate of drug-likeness (QED) is 0.696. The summed E-state index contributed by atoms with van der Waals surface area (Å²) in [6.45, 7) is 0.873. The summed E-state index contributed by atoms with van der Waals surface area (Å²) in [5, 5.41) is 16.2. The van der Waals surface area contributed by atoms with E-state index < -0.39 is 23.4 Å². The molecule has 2 amide bonds. The molecule has 0 aromatic heterocycles. The molecule has 1 fully saturated rings. The molecule has 2 aromatic carbocycles. The van der Waals surface area contributed by atoms with Gasteiger partial charge in [-0.1, -0.05) is 42.5 Å². The number of nitrogens with one attached hydrogen (secondary N) is 2. The minimum Gasteiger partial charge on any atom is -0.383 e. The first-order valence-electron chi connectivity index (χ1n) is 9.37. The summed E-state index contributed by atoms with van der Waals surface area (Å²) in [6, 6.07) is 12.9. The summed E-state index contributed by atoms with van der Waals surface area (Å²) in [4.78, 5) is 12.3. The van der Waals surface area contributed by atoms with Crippen LogP contribution >= 0.6 is 0 Å². The molecule has 2 aromatic rings. The van der Waals surface area contributed by atoms with Gasteiger partial charge in [-0.05, 0) is 36.5 Å². The molecular formula is C21H23F3N2O3. The fourth-order valence-corrected chi connectivity index (χ4v) is 3.60. The fraction of sp³-hybridized carbons (Fsp3) is 0.381. The molecule has 1 aliphatic heterocycles. The number of carbonyl (C=O) groups excluding carboxylic acids is 1. The predicted octanol–water partition coefficient (Wildman–Crippen LogP) is 4.14. The lowest BCUT2D eigenvalue weighted by Crippen LogP contribution is -2.48. The maximum Gasteiger partial charge on any atom is 0.418 e. The van der Waals surface area contributed by atoms with Crippen LogP contribution in [0.5, 0.6) is 0 Å². The molecule has 8 heteroatoms. The zero-order chi connectivity index (χ0) is 20.9. The Bertz CT molecular complexity index is 823. The highest BCUT2D eigenvalue weighted by molar-refractivity contribution is 5.90. The maximum absolute atomic E-state index is 13.1. The number of anilines is 1. The lowest BCUT2D eigenvalue weighted by atomic mass is 9.77. The van der Waals surface area contributed by atoms with Gasteiger partial charge in [0.05, 0.1) is 17.8 Å². The van der Waals surface area contributed by atoms with Crippen molar-refractivity contribution >= 4 is 11.7 Å². The molecule has 1 atom stereocenters. The van der Waals surface area contributed by atoms with Gasteiger partial charge in [-0.15, -0.1) is 0 Å². The number of aliphatic hydroxyl groups is 1. The SMILES string of the molecule is O=C(NC[C@@](O)(c1ccccc1)C1CCOCC1)Nc1ccccc1C(F)(F)F. The topological polar surface area (TPSA) is 70.6 Å². The molecule has 3 rings (SSSR count). The number of rotatable bonds is 5. The maximum atomic E-state index is 13.1. The van der Waals surface area contributed by atoms with E-state index in [-0.39, 0.29) is 18.2 Å². The molecule has 1 aliphatic rings. The number of para-hydroxylation sites is 1. The van der Waals surface area contributed by atoms with E-state index in [1.165, 1.54) is 18.2 Å². The Hall–Kier alpha value is -2.58. The summed E-state index contributed by atoms with van der Waals surface area (Å²) in [5.41, 5.74) is -1.99. The number of carbonyl (C=O) groups is 1. The van der Waals surface area contributed by atoms with Gasteiger partial charge < -0.3 is 20.5 Å². The summed E-state index contributed by atoms with van der Waals surface area (Å²) >= 11 is 0. The van der Waals surface area contributed by atoms with Gasteiger partial charge in [0.25, 0.3) is 0 Å². The predicted molar refractivity (Wildman–Crippen MR) is 102 cm³/mol. The van der Waals surface area contributed by atoms with E-state index in [4.69, 9.17) is 4.74 Å². The van der Waals surface area contributed by atoms with Crippen LogP contribution in [-0.4, -0.2) is 30.9 Å². The van der Waals surface area contributed by atoms with Crippen LogP contribution in [0, 0.1) is 5.92 Å². The van der Waals surface area contributed by atoms with Crippen LogP contribution in [0.25, 0.3) is 0 Å². The third kappa shape index (κ3) is 5.07. The molecule has 0 saturated carbocycles. The van der Waals surface area contributed by atoms with E-state index in [9.17, 15) is 23.1 Å². The smallest absolute Gasteiger partial charge is 0.383 e. The molecule has 0 spiro atoms. The Kier molecular flexibility index (Phi) is 6.44. The van der Waals surface area contributed by atoms with Crippen molar-refractivity contribution in [3.8, 4) is 0 Å². The van der Waals surface area contributed by atoms with E-state index in [2.05, 4.69) is 10.6 Å². The van der Waals surface area contributed by atoms with Gasteiger partial charge in [0.2, 0.25) is 0 Å². The molecule has 5 nitrogen and oxygen atoms in total. The van der Waals surface area contributed by atoms with Crippen LogP contribution in [0.1, 0.15) is 24.0 Å². The van der Waals surface area contributed by atoms with Crippen LogP contribution in [0.15, 0.2) is 54.6 Å². The Morgan fingerprint density at radius 1 is 1.03 bits per heavy atom. The van der Waals surface area contributed by atoms with Gasteiger partial charge in [0.1, 0.15) is 5.60 Å². The summed E-state index contributed by atoms with van der Waals surface area (Å²) in [7, 11) is 0. The van der Waals surface area contributed by atoms with Crippen LogP contribution in [0.4, 0.5) is 23.7 Å². The van der Waals surface area contributed by atoms with Crippen molar-refractivity contribution in [3.63, 3.8) is 0 Å². The highest BCUT2D eigenvalue weighted by atomic mass is 19.4. The van der Waals surface area contributed by atoms with Crippen molar-refractivity contribution in [1.82, 2.24) is 5.32 Å². The normalized spacial score (nSPS) is 17.4. The summed E-state index contributed by atoms with van der Waals surface area (Å²) < 4.78 is 44.7. The van der Waals surface area contributed by atoms with Gasteiger partial charge in [-0.2, -0.15) is 13.2 Å². The molecule has 3 N–H and O–H groups in total. The monoisotopic (exact) mass is 408 g/mol. The fourth-order valence-electron chi connectivity index (χ4n) is 3.60. The van der Waals surface area contributed by atoms with Crippen molar-refractivity contribution in [2.75, 3.05) is 25.1 Å². The Labute approximate surface area is 166 Å². The Morgan fingerprint density at radius 3 is 2.31 bits per heavy atom. The van der Waals surface area contributed by atoms with Gasteiger partial charge in [0, 0.05) is 13.2 Å². The standard InChI is InChI=1S/C21H23F3N2O3/c22-21(23,24)17-8-4-5-9-18(17)26-19(27)25-14-20(28,15-6-2-1-3-7-15)16-10-12-29-13-11-16/h1-9,16,28H,10-14H2,(H2,25,26,27)/t20-/m1/s1. The number of amides is 2. The van der Waals surface area contributed by atoms with Gasteiger partial charge in [-0.3, -0.25) is 0 Å². The molecule has 0 unspecified atom stereocenters. The number of hydrogen-bond acceptors (Lipinski definition) is 3. The zero-order valence-corrected chi connectivity index (χ0v) is 15.7. The van der Waals surface area contributed by atoms with Crippen molar-refractivity contribution < 1.29 is 27.8 Å². The minimum atomic E-state index is -4.59. The Morgan fingerprint density at radius 2 is 1.66 bits per heavy atom. The molecule has 0 radical (unpaired) electrons. The molecule has 0 bridgehead atoms. The number of alkyl halides is 3. The number of benzene rings is 2. The van der Waals surface area contributed by atoms with Crippen LogP contribution < -0.4 is 10.6 Å². The van der Waals surface area contributed by atoms with Crippen molar-refractivity contribution in [2.45, 2.75) is 24.6 Å². The third-order valence-corrected chi connectivity index (χ3v) is 5.17.